The summed E-state index contributed by atoms with van der Waals surface area (Å²) in [6.45, 7) is 8.08. The zero-order chi connectivity index (χ0) is 44.0. The van der Waals surface area contributed by atoms with Crippen molar-refractivity contribution < 1.29 is 62.9 Å². The monoisotopic (exact) mass is 860 g/mol. The van der Waals surface area contributed by atoms with E-state index in [1.807, 2.05) is 0 Å². The van der Waals surface area contributed by atoms with Crippen molar-refractivity contribution >= 4 is 33.3 Å². The zero-order valence-electron chi connectivity index (χ0n) is 32.1. The molecule has 1 aromatic heterocycles. The molecule has 1 heterocycles. The molecular formula is C40H41F9N4O5S. The van der Waals surface area contributed by atoms with E-state index in [0.29, 0.717) is 24.0 Å². The molecule has 0 radical (unpaired) electrons. The number of aromatic carboxylic acids is 1. The number of hydrogen-bond acceptors (Lipinski definition) is 7. The Kier molecular flexibility index (Phi) is 12.2. The molecule has 0 saturated heterocycles. The van der Waals surface area contributed by atoms with E-state index in [4.69, 9.17) is 5.11 Å². The number of halogens is 9. The number of carboxylic acids is 1. The Morgan fingerprint density at radius 3 is 1.75 bits per heavy atom. The predicted molar refractivity (Wildman–Crippen MR) is 200 cm³/mol. The van der Waals surface area contributed by atoms with Gasteiger partial charge >= 0.3 is 24.5 Å². The summed E-state index contributed by atoms with van der Waals surface area (Å²) in [6.07, 6.45) is -9.91. The molecule has 2 aliphatic rings. The van der Waals surface area contributed by atoms with Crippen LogP contribution in [0.15, 0.2) is 90.1 Å². The lowest BCUT2D eigenvalue weighted by Crippen LogP contribution is -2.53. The van der Waals surface area contributed by atoms with Crippen LogP contribution in [0.25, 0.3) is 0 Å². The molecule has 59 heavy (non-hydrogen) atoms. The first-order valence-corrected chi connectivity index (χ1v) is 19.6. The highest BCUT2D eigenvalue weighted by atomic mass is 32.2. The van der Waals surface area contributed by atoms with Crippen molar-refractivity contribution in [3.05, 3.63) is 107 Å². The van der Waals surface area contributed by atoms with E-state index >= 15 is 0 Å². The maximum Gasteiger partial charge on any atom is 0.430 e. The highest BCUT2D eigenvalue weighted by Gasteiger charge is 2.71. The van der Waals surface area contributed by atoms with Gasteiger partial charge in [-0.15, -0.1) is 0 Å². The van der Waals surface area contributed by atoms with Crippen LogP contribution >= 0.6 is 0 Å². The Morgan fingerprint density at radius 2 is 1.27 bits per heavy atom. The Morgan fingerprint density at radius 1 is 0.763 bits per heavy atom. The van der Waals surface area contributed by atoms with E-state index in [9.17, 15) is 57.8 Å². The van der Waals surface area contributed by atoms with Gasteiger partial charge in [0.15, 0.2) is 0 Å². The minimum absolute atomic E-state index is 0.0558. The predicted octanol–water partition coefficient (Wildman–Crippen LogP) is 9.83. The molecule has 19 heteroatoms. The molecule has 3 aromatic carbocycles. The third-order valence-corrected chi connectivity index (χ3v) is 12.2. The van der Waals surface area contributed by atoms with Crippen molar-refractivity contribution in [2.24, 2.45) is 5.92 Å². The van der Waals surface area contributed by atoms with Crippen LogP contribution in [0, 0.1) is 5.92 Å². The minimum atomic E-state index is -6.21. The van der Waals surface area contributed by atoms with E-state index in [0.717, 1.165) is 24.4 Å². The third kappa shape index (κ3) is 9.77. The molecule has 4 aromatic rings. The largest absolute Gasteiger partial charge is 0.478 e. The first-order chi connectivity index (χ1) is 27.1. The van der Waals surface area contributed by atoms with Crippen LogP contribution in [0.2, 0.25) is 0 Å². The van der Waals surface area contributed by atoms with Crippen LogP contribution in [0.1, 0.15) is 80.4 Å². The average Bonchev–Trinajstić information content (AvgIpc) is 3.98. The highest BCUT2D eigenvalue weighted by Crippen LogP contribution is 2.51. The molecule has 0 atom stereocenters. The number of fused-ring (bicyclic) bond motifs is 1. The molecule has 0 unspecified atom stereocenters. The SMILES string of the molecule is CC1(C)CCC(C)(C)c2cc(N(CC3CC3)c3ncc(C(=O)O)cn3)ccc21.O=S(=O)(c1ccccc1)N(CC(F)(F)F)c1ccc(C(O)(C(F)(F)F)C(F)(F)F)cc1. The first-order valence-electron chi connectivity index (χ1n) is 18.2. The van der Waals surface area contributed by atoms with Crippen LogP contribution < -0.4 is 9.21 Å². The normalized spacial score (nSPS) is 16.6. The van der Waals surface area contributed by atoms with Gasteiger partial charge in [0.25, 0.3) is 15.6 Å². The number of nitrogens with zero attached hydrogens (tertiary/aromatic N) is 4. The van der Waals surface area contributed by atoms with Gasteiger partial charge in [-0.25, -0.2) is 23.2 Å². The molecule has 6 rings (SSSR count). The van der Waals surface area contributed by atoms with Gasteiger partial charge in [0.1, 0.15) is 6.54 Å². The fourth-order valence-corrected chi connectivity index (χ4v) is 8.20. The van der Waals surface area contributed by atoms with Crippen LogP contribution in [-0.4, -0.2) is 66.2 Å². The van der Waals surface area contributed by atoms with E-state index in [2.05, 4.69) is 60.8 Å². The topological polar surface area (TPSA) is 124 Å². The van der Waals surface area contributed by atoms with E-state index in [-0.39, 0.29) is 32.8 Å². The number of anilines is 3. The zero-order valence-corrected chi connectivity index (χ0v) is 32.9. The van der Waals surface area contributed by atoms with Crippen LogP contribution in [0.3, 0.4) is 0 Å². The van der Waals surface area contributed by atoms with Gasteiger partial charge in [-0.2, -0.15) is 39.5 Å². The number of sulfonamides is 1. The first kappa shape index (κ1) is 45.2. The molecule has 2 N–H and O–H groups in total. The maximum atomic E-state index is 13.0. The molecular weight excluding hydrogens is 820 g/mol. The van der Waals surface area contributed by atoms with Crippen LogP contribution in [0.5, 0.6) is 0 Å². The fraction of sp³-hybridized carbons (Fsp3) is 0.425. The maximum absolute atomic E-state index is 13.0. The average molecular weight is 861 g/mol. The summed E-state index contributed by atoms with van der Waals surface area (Å²) in [6, 6.07) is 13.2. The van der Waals surface area contributed by atoms with Gasteiger partial charge in [0, 0.05) is 30.2 Å². The second-order valence-corrected chi connectivity index (χ2v) is 17.7. The second kappa shape index (κ2) is 15.9. The van der Waals surface area contributed by atoms with Crippen molar-refractivity contribution in [2.45, 2.75) is 93.2 Å². The van der Waals surface area contributed by atoms with Crippen molar-refractivity contribution in [3.8, 4) is 0 Å². The lowest BCUT2D eigenvalue weighted by Gasteiger charge is -2.42. The van der Waals surface area contributed by atoms with Gasteiger partial charge in [-0.1, -0.05) is 64.1 Å². The van der Waals surface area contributed by atoms with E-state index < -0.39 is 62.8 Å². The highest BCUT2D eigenvalue weighted by molar-refractivity contribution is 7.92. The summed E-state index contributed by atoms with van der Waals surface area (Å²) in [7, 11) is -4.89. The van der Waals surface area contributed by atoms with Gasteiger partial charge in [0.2, 0.25) is 5.95 Å². The third-order valence-electron chi connectivity index (χ3n) is 10.5. The minimum Gasteiger partial charge on any atom is -0.478 e. The molecule has 0 spiro atoms. The molecule has 9 nitrogen and oxygen atoms in total. The van der Waals surface area contributed by atoms with Crippen molar-refractivity contribution in [1.82, 2.24) is 9.97 Å². The van der Waals surface area contributed by atoms with Gasteiger partial charge in [-0.3, -0.25) is 4.31 Å². The fourth-order valence-electron chi connectivity index (χ4n) is 6.73. The quantitative estimate of drug-likeness (QED) is 0.151. The number of carbonyl (C=O) groups is 1. The summed E-state index contributed by atoms with van der Waals surface area (Å²) in [4.78, 5) is 21.4. The van der Waals surface area contributed by atoms with Crippen LogP contribution in [-0.2, 0) is 26.5 Å². The summed E-state index contributed by atoms with van der Waals surface area (Å²) in [5, 5.41) is 18.5. The number of carboxylic acid groups (broad SMARTS) is 1. The number of benzene rings is 3. The molecule has 0 aliphatic heterocycles. The summed E-state index contributed by atoms with van der Waals surface area (Å²) >= 11 is 0. The Balaban J connectivity index is 0.000000225. The van der Waals surface area contributed by atoms with Gasteiger partial charge in [-0.05, 0) is 90.0 Å². The van der Waals surface area contributed by atoms with E-state index in [1.165, 1.54) is 67.4 Å². The van der Waals surface area contributed by atoms with Gasteiger partial charge < -0.3 is 15.1 Å². The second-order valence-electron chi connectivity index (χ2n) is 15.8. The number of alkyl halides is 9. The Hall–Kier alpha value is -4.91. The summed E-state index contributed by atoms with van der Waals surface area (Å²) < 4.78 is 142. The van der Waals surface area contributed by atoms with Crippen LogP contribution in [0.4, 0.5) is 56.8 Å². The smallest absolute Gasteiger partial charge is 0.430 e. The Labute approximate surface area is 334 Å². The van der Waals surface area contributed by atoms with Gasteiger partial charge in [0.05, 0.1) is 16.1 Å². The van der Waals surface area contributed by atoms with Crippen molar-refractivity contribution in [3.63, 3.8) is 0 Å². The lowest BCUT2D eigenvalue weighted by atomic mass is 9.63. The van der Waals surface area contributed by atoms with Crippen molar-refractivity contribution in [2.75, 3.05) is 22.3 Å². The molecule has 0 amide bonds. The molecule has 320 valence electrons. The number of aliphatic hydroxyl groups is 1. The summed E-state index contributed by atoms with van der Waals surface area (Å²) in [5.41, 5.74) is -3.55. The lowest BCUT2D eigenvalue weighted by molar-refractivity contribution is -0.376. The number of rotatable bonds is 10. The molecule has 0 bridgehead atoms. The number of hydrogen-bond donors (Lipinski definition) is 2. The van der Waals surface area contributed by atoms with Crippen molar-refractivity contribution in [1.29, 1.82) is 0 Å². The molecule has 1 fully saturated rings. The number of aromatic nitrogens is 2. The summed E-state index contributed by atoms with van der Waals surface area (Å²) in [5.74, 6) is 0.228. The van der Waals surface area contributed by atoms with E-state index in [1.54, 1.807) is 0 Å². The Bertz CT molecular complexity index is 2210. The molecule has 1 saturated carbocycles. The standard InChI is InChI=1S/C23H29N3O2.C17H12F9NO3S/c1-22(2)9-10-23(3,4)19-11-17(7-8-18(19)22)26(14-15-5-6-15)21-24-12-16(13-25-21)20(27)28;18-14(19,20)10-27(31(29,30)13-4-2-1-3-5-13)12-8-6-11(7-9-12)15(28,16(21,22)23)17(24,25)26/h7-8,11-13,15H,5-6,9-10,14H2,1-4H3,(H,27,28);1-9,28H,10H2. The molecule has 2 aliphatic carbocycles.